The van der Waals surface area contributed by atoms with Crippen LogP contribution >= 0.6 is 0 Å². The number of ether oxygens (including phenoxy) is 1. The van der Waals surface area contributed by atoms with Crippen molar-refractivity contribution in [3.63, 3.8) is 0 Å². The summed E-state index contributed by atoms with van der Waals surface area (Å²) in [5, 5.41) is 24.2. The van der Waals surface area contributed by atoms with Crippen LogP contribution in [0.3, 0.4) is 0 Å². The minimum atomic E-state index is -0.871. The summed E-state index contributed by atoms with van der Waals surface area (Å²) in [6.07, 6.45) is -0.871. The van der Waals surface area contributed by atoms with Gasteiger partial charge in [0, 0.05) is 23.8 Å². The summed E-state index contributed by atoms with van der Waals surface area (Å²) in [5.41, 5.74) is 0.877. The number of nitro groups is 1. The molecule has 1 atom stereocenters. The number of aryl methyl sites for hydroxylation is 1. The molecule has 20 heavy (non-hydrogen) atoms. The number of nitro benzene ring substituents is 1. The average Bonchev–Trinajstić information content (AvgIpc) is 2.81. The number of hydrogen-bond acceptors (Lipinski definition) is 6. The zero-order chi connectivity index (χ0) is 14.7. The molecule has 0 radical (unpaired) electrons. The van der Waals surface area contributed by atoms with Gasteiger partial charge >= 0.3 is 0 Å². The second kappa shape index (κ2) is 5.70. The van der Waals surface area contributed by atoms with Gasteiger partial charge in [0.2, 0.25) is 0 Å². The summed E-state index contributed by atoms with van der Waals surface area (Å²) in [6.45, 7) is 3.45. The van der Waals surface area contributed by atoms with Crippen LogP contribution in [0.2, 0.25) is 0 Å². The molecule has 0 fully saturated rings. The van der Waals surface area contributed by atoms with E-state index in [0.717, 1.165) is 0 Å². The lowest BCUT2D eigenvalue weighted by atomic mass is 10.1. The zero-order valence-electron chi connectivity index (χ0n) is 11.1. The van der Waals surface area contributed by atoms with E-state index in [1.807, 2.05) is 0 Å². The molecule has 0 aliphatic carbocycles. The lowest BCUT2D eigenvalue weighted by Gasteiger charge is -2.12. The molecule has 2 aromatic rings. The second-order valence-electron chi connectivity index (χ2n) is 4.37. The number of rotatable bonds is 5. The number of nitrogens with zero attached hydrogens (tertiary/aromatic N) is 2. The largest absolute Gasteiger partial charge is 0.487 e. The van der Waals surface area contributed by atoms with E-state index in [0.29, 0.717) is 22.8 Å². The third-order valence-electron chi connectivity index (χ3n) is 2.71. The summed E-state index contributed by atoms with van der Waals surface area (Å²) < 4.78 is 10.4. The molecule has 1 aromatic heterocycles. The highest BCUT2D eigenvalue weighted by atomic mass is 16.6. The van der Waals surface area contributed by atoms with E-state index in [4.69, 9.17) is 9.26 Å². The van der Waals surface area contributed by atoms with Crippen LogP contribution in [0, 0.1) is 17.0 Å². The van der Waals surface area contributed by atoms with Gasteiger partial charge in [-0.1, -0.05) is 5.16 Å². The predicted octanol–water partition coefficient (Wildman–Crippen LogP) is 2.52. The van der Waals surface area contributed by atoms with Gasteiger partial charge in [0.15, 0.2) is 0 Å². The SMILES string of the molecule is Cc1cc(COc2ccc([N+](=O)[O-])cc2C(C)O)no1. The van der Waals surface area contributed by atoms with Gasteiger partial charge < -0.3 is 14.4 Å². The van der Waals surface area contributed by atoms with Gasteiger partial charge in [-0.15, -0.1) is 0 Å². The van der Waals surface area contributed by atoms with Gasteiger partial charge in [-0.25, -0.2) is 0 Å². The Morgan fingerprint density at radius 1 is 1.50 bits per heavy atom. The third-order valence-corrected chi connectivity index (χ3v) is 2.71. The first-order valence-electron chi connectivity index (χ1n) is 5.99. The summed E-state index contributed by atoms with van der Waals surface area (Å²) in [5.74, 6) is 1.05. The molecule has 0 spiro atoms. The van der Waals surface area contributed by atoms with Gasteiger partial charge in [-0.3, -0.25) is 10.1 Å². The van der Waals surface area contributed by atoms with Crippen LogP contribution in [-0.2, 0) is 6.61 Å². The summed E-state index contributed by atoms with van der Waals surface area (Å²) >= 11 is 0. The molecular weight excluding hydrogens is 264 g/mol. The molecule has 7 nitrogen and oxygen atoms in total. The van der Waals surface area contributed by atoms with E-state index in [1.165, 1.54) is 25.1 Å². The van der Waals surface area contributed by atoms with Crippen LogP contribution in [0.1, 0.15) is 30.0 Å². The lowest BCUT2D eigenvalue weighted by molar-refractivity contribution is -0.385. The lowest BCUT2D eigenvalue weighted by Crippen LogP contribution is -2.02. The minimum absolute atomic E-state index is 0.0921. The van der Waals surface area contributed by atoms with E-state index < -0.39 is 11.0 Å². The number of aliphatic hydroxyl groups excluding tert-OH is 1. The maximum Gasteiger partial charge on any atom is 0.270 e. The van der Waals surface area contributed by atoms with Gasteiger partial charge in [0.05, 0.1) is 11.0 Å². The first kappa shape index (κ1) is 14.0. The van der Waals surface area contributed by atoms with Crippen LogP contribution in [0.4, 0.5) is 5.69 Å². The highest BCUT2D eigenvalue weighted by molar-refractivity contribution is 5.44. The molecule has 1 aromatic carbocycles. The molecule has 0 bridgehead atoms. The maximum absolute atomic E-state index is 10.7. The Kier molecular flexibility index (Phi) is 3.99. The van der Waals surface area contributed by atoms with Crippen molar-refractivity contribution < 1.29 is 19.3 Å². The average molecular weight is 278 g/mol. The fourth-order valence-electron chi connectivity index (χ4n) is 1.75. The molecule has 1 heterocycles. The first-order valence-corrected chi connectivity index (χ1v) is 5.99. The summed E-state index contributed by atoms with van der Waals surface area (Å²) in [6, 6.07) is 5.82. The topological polar surface area (TPSA) is 98.6 Å². The van der Waals surface area contributed by atoms with Gasteiger partial charge in [-0.2, -0.15) is 0 Å². The summed E-state index contributed by atoms with van der Waals surface area (Å²) in [7, 11) is 0. The zero-order valence-corrected chi connectivity index (χ0v) is 11.1. The van der Waals surface area contributed by atoms with Crippen molar-refractivity contribution in [2.75, 3.05) is 0 Å². The van der Waals surface area contributed by atoms with Gasteiger partial charge in [0.1, 0.15) is 23.8 Å². The second-order valence-corrected chi connectivity index (χ2v) is 4.37. The molecule has 0 saturated carbocycles. The highest BCUT2D eigenvalue weighted by Gasteiger charge is 2.15. The molecule has 1 N–H and O–H groups in total. The van der Waals surface area contributed by atoms with E-state index in [-0.39, 0.29) is 12.3 Å². The van der Waals surface area contributed by atoms with Crippen molar-refractivity contribution in [3.05, 3.63) is 51.4 Å². The summed E-state index contributed by atoms with van der Waals surface area (Å²) in [4.78, 5) is 10.2. The molecule has 0 saturated heterocycles. The number of aromatic nitrogens is 1. The van der Waals surface area contributed by atoms with Crippen molar-refractivity contribution >= 4 is 5.69 Å². The van der Waals surface area contributed by atoms with E-state index in [9.17, 15) is 15.2 Å². The van der Waals surface area contributed by atoms with Crippen LogP contribution in [-0.4, -0.2) is 15.2 Å². The highest BCUT2D eigenvalue weighted by Crippen LogP contribution is 2.29. The van der Waals surface area contributed by atoms with Gasteiger partial charge in [0.25, 0.3) is 5.69 Å². The molecular formula is C13H14N2O5. The quantitative estimate of drug-likeness (QED) is 0.666. The Labute approximate surface area is 114 Å². The van der Waals surface area contributed by atoms with E-state index in [1.54, 1.807) is 13.0 Å². The molecule has 106 valence electrons. The van der Waals surface area contributed by atoms with E-state index >= 15 is 0 Å². The molecule has 1 unspecified atom stereocenters. The van der Waals surface area contributed by atoms with E-state index in [2.05, 4.69) is 5.16 Å². The smallest absolute Gasteiger partial charge is 0.270 e. The molecule has 0 aliphatic heterocycles. The Balaban J connectivity index is 2.20. The number of aliphatic hydroxyl groups is 1. The maximum atomic E-state index is 10.7. The molecule has 2 rings (SSSR count). The van der Waals surface area contributed by atoms with Crippen LogP contribution in [0.5, 0.6) is 5.75 Å². The monoisotopic (exact) mass is 278 g/mol. The standard InChI is InChI=1S/C13H14N2O5/c1-8-5-10(14-20-8)7-19-13-4-3-11(15(17)18)6-12(13)9(2)16/h3-6,9,16H,7H2,1-2H3. The van der Waals surface area contributed by atoms with Crippen LogP contribution in [0.15, 0.2) is 28.8 Å². The first-order chi connectivity index (χ1) is 9.47. The van der Waals surface area contributed by atoms with Crippen LogP contribution in [0.25, 0.3) is 0 Å². The number of hydrogen-bond donors (Lipinski definition) is 1. The normalized spacial score (nSPS) is 12.2. The van der Waals surface area contributed by atoms with Gasteiger partial charge in [-0.05, 0) is 19.9 Å². The minimum Gasteiger partial charge on any atom is -0.487 e. The number of non-ortho nitro benzene ring substituents is 1. The number of benzene rings is 1. The Hall–Kier alpha value is -2.41. The molecule has 0 aliphatic rings. The Morgan fingerprint density at radius 3 is 2.80 bits per heavy atom. The van der Waals surface area contributed by atoms with Crippen LogP contribution < -0.4 is 4.74 Å². The fourth-order valence-corrected chi connectivity index (χ4v) is 1.75. The Morgan fingerprint density at radius 2 is 2.25 bits per heavy atom. The van der Waals surface area contributed by atoms with Crippen molar-refractivity contribution in [2.24, 2.45) is 0 Å². The molecule has 0 amide bonds. The fraction of sp³-hybridized carbons (Fsp3) is 0.308. The van der Waals surface area contributed by atoms with Crippen molar-refractivity contribution in [3.8, 4) is 5.75 Å². The Bertz CT molecular complexity index is 621. The van der Waals surface area contributed by atoms with Crippen molar-refractivity contribution in [1.29, 1.82) is 0 Å². The predicted molar refractivity (Wildman–Crippen MR) is 69.3 cm³/mol. The van der Waals surface area contributed by atoms with Crippen molar-refractivity contribution in [2.45, 2.75) is 26.6 Å². The molecule has 7 heteroatoms. The van der Waals surface area contributed by atoms with Crippen molar-refractivity contribution in [1.82, 2.24) is 5.16 Å². The third kappa shape index (κ3) is 3.12.